The van der Waals surface area contributed by atoms with Crippen molar-refractivity contribution in [3.8, 4) is 0 Å². The lowest BCUT2D eigenvalue weighted by Gasteiger charge is -2.13. The first-order valence-electron chi connectivity index (χ1n) is 3.21. The summed E-state index contributed by atoms with van der Waals surface area (Å²) in [6.45, 7) is 4.99. The van der Waals surface area contributed by atoms with Crippen LogP contribution < -0.4 is 5.32 Å². The number of rotatable bonds is 3. The molecule has 0 radical (unpaired) electrons. The highest BCUT2D eigenvalue weighted by atomic mass is 16.5. The molecule has 0 aliphatic rings. The SMILES string of the molecule is C=C(C)C(NC(=O)O)C(=O)OC. The first kappa shape index (κ1) is 10.5. The summed E-state index contributed by atoms with van der Waals surface area (Å²) in [5.74, 6) is -0.662. The topological polar surface area (TPSA) is 75.6 Å². The Morgan fingerprint density at radius 3 is 2.33 bits per heavy atom. The maximum atomic E-state index is 10.9. The van der Waals surface area contributed by atoms with Gasteiger partial charge in [-0.05, 0) is 12.5 Å². The summed E-state index contributed by atoms with van der Waals surface area (Å²) in [5, 5.41) is 10.3. The largest absolute Gasteiger partial charge is 0.467 e. The van der Waals surface area contributed by atoms with E-state index >= 15 is 0 Å². The summed E-state index contributed by atoms with van der Waals surface area (Å²) in [6, 6.07) is -0.979. The second-order valence-corrected chi connectivity index (χ2v) is 2.25. The summed E-state index contributed by atoms with van der Waals surface area (Å²) in [6.07, 6.45) is -1.28. The highest BCUT2D eigenvalue weighted by Gasteiger charge is 2.21. The van der Waals surface area contributed by atoms with E-state index < -0.39 is 18.1 Å². The molecule has 1 unspecified atom stereocenters. The Morgan fingerprint density at radius 1 is 1.58 bits per heavy atom. The smallest absolute Gasteiger partial charge is 0.405 e. The maximum Gasteiger partial charge on any atom is 0.405 e. The molecule has 5 nitrogen and oxygen atoms in total. The number of amides is 1. The molecular formula is C7H11NO4. The van der Waals surface area contributed by atoms with E-state index in [1.807, 2.05) is 5.32 Å². The van der Waals surface area contributed by atoms with Gasteiger partial charge in [0.2, 0.25) is 0 Å². The average Bonchev–Trinajstić information content (AvgIpc) is 1.98. The third kappa shape index (κ3) is 3.05. The van der Waals surface area contributed by atoms with Gasteiger partial charge in [-0.2, -0.15) is 0 Å². The van der Waals surface area contributed by atoms with Gasteiger partial charge in [-0.15, -0.1) is 0 Å². The van der Waals surface area contributed by atoms with Crippen molar-refractivity contribution in [2.45, 2.75) is 13.0 Å². The van der Waals surface area contributed by atoms with E-state index in [4.69, 9.17) is 5.11 Å². The lowest BCUT2D eigenvalue weighted by atomic mass is 10.1. The molecule has 1 amide bonds. The molecule has 0 bridgehead atoms. The van der Waals surface area contributed by atoms with E-state index in [2.05, 4.69) is 11.3 Å². The predicted molar refractivity (Wildman–Crippen MR) is 41.8 cm³/mol. The summed E-state index contributed by atoms with van der Waals surface area (Å²) < 4.78 is 4.35. The predicted octanol–water partition coefficient (Wildman–Crippen LogP) is 0.372. The fraction of sp³-hybridized carbons (Fsp3) is 0.429. The van der Waals surface area contributed by atoms with Crippen molar-refractivity contribution >= 4 is 12.1 Å². The Kier molecular flexibility index (Phi) is 3.82. The van der Waals surface area contributed by atoms with Crippen LogP contribution in [0.3, 0.4) is 0 Å². The fourth-order valence-electron chi connectivity index (χ4n) is 0.625. The monoisotopic (exact) mass is 173 g/mol. The molecular weight excluding hydrogens is 162 g/mol. The minimum atomic E-state index is -1.28. The van der Waals surface area contributed by atoms with E-state index in [1.54, 1.807) is 0 Å². The van der Waals surface area contributed by atoms with E-state index in [0.29, 0.717) is 5.57 Å². The van der Waals surface area contributed by atoms with E-state index in [0.717, 1.165) is 0 Å². The minimum absolute atomic E-state index is 0.393. The van der Waals surface area contributed by atoms with E-state index in [9.17, 15) is 9.59 Å². The third-order valence-electron chi connectivity index (χ3n) is 1.20. The number of methoxy groups -OCH3 is 1. The van der Waals surface area contributed by atoms with Crippen LogP contribution in [0, 0.1) is 0 Å². The molecule has 2 N–H and O–H groups in total. The third-order valence-corrected chi connectivity index (χ3v) is 1.20. The molecule has 1 atom stereocenters. The van der Waals surface area contributed by atoms with Gasteiger partial charge in [-0.3, -0.25) is 0 Å². The van der Waals surface area contributed by atoms with Crippen molar-refractivity contribution in [2.75, 3.05) is 7.11 Å². The van der Waals surface area contributed by atoms with Gasteiger partial charge in [-0.25, -0.2) is 9.59 Å². The van der Waals surface area contributed by atoms with Gasteiger partial charge in [0, 0.05) is 0 Å². The molecule has 0 aromatic carbocycles. The maximum absolute atomic E-state index is 10.9. The van der Waals surface area contributed by atoms with Crippen LogP contribution in [0.5, 0.6) is 0 Å². The van der Waals surface area contributed by atoms with Crippen molar-refractivity contribution in [1.29, 1.82) is 0 Å². The van der Waals surface area contributed by atoms with Crippen LogP contribution in [0.15, 0.2) is 12.2 Å². The fourth-order valence-corrected chi connectivity index (χ4v) is 0.625. The number of hydrogen-bond acceptors (Lipinski definition) is 3. The molecule has 68 valence electrons. The van der Waals surface area contributed by atoms with Gasteiger partial charge in [0.25, 0.3) is 0 Å². The Bertz CT molecular complexity index is 211. The summed E-state index contributed by atoms with van der Waals surface area (Å²) in [4.78, 5) is 21.1. The zero-order valence-electron chi connectivity index (χ0n) is 6.96. The lowest BCUT2D eigenvalue weighted by molar-refractivity contribution is -0.141. The van der Waals surface area contributed by atoms with E-state index in [1.165, 1.54) is 14.0 Å². The van der Waals surface area contributed by atoms with Crippen LogP contribution in [-0.4, -0.2) is 30.3 Å². The molecule has 0 aliphatic heterocycles. The number of carboxylic acid groups (broad SMARTS) is 1. The van der Waals surface area contributed by atoms with Crippen LogP contribution in [0.2, 0.25) is 0 Å². The quantitative estimate of drug-likeness (QED) is 0.477. The number of carbonyl (C=O) groups is 2. The molecule has 0 fully saturated rings. The van der Waals surface area contributed by atoms with Crippen LogP contribution in [-0.2, 0) is 9.53 Å². The molecule has 0 aromatic rings. The summed E-state index contributed by atoms with van der Waals surface area (Å²) >= 11 is 0. The second kappa shape index (κ2) is 4.38. The molecule has 0 heterocycles. The first-order chi connectivity index (χ1) is 5.49. The van der Waals surface area contributed by atoms with E-state index in [-0.39, 0.29) is 0 Å². The average molecular weight is 173 g/mol. The number of carbonyl (C=O) groups excluding carboxylic acids is 1. The van der Waals surface area contributed by atoms with Crippen LogP contribution in [0.1, 0.15) is 6.92 Å². The summed E-state index contributed by atoms with van der Waals surface area (Å²) in [5.41, 5.74) is 0.393. The Hall–Kier alpha value is -1.52. The Balaban J connectivity index is 4.33. The van der Waals surface area contributed by atoms with Crippen molar-refractivity contribution in [2.24, 2.45) is 0 Å². The lowest BCUT2D eigenvalue weighted by Crippen LogP contribution is -2.41. The zero-order valence-corrected chi connectivity index (χ0v) is 6.96. The van der Waals surface area contributed by atoms with Gasteiger partial charge in [0.1, 0.15) is 0 Å². The van der Waals surface area contributed by atoms with Crippen molar-refractivity contribution in [3.63, 3.8) is 0 Å². The molecule has 0 spiro atoms. The second-order valence-electron chi connectivity index (χ2n) is 2.25. The number of esters is 1. The number of hydrogen-bond donors (Lipinski definition) is 2. The standard InChI is InChI=1S/C7H11NO4/c1-4(2)5(6(9)12-3)8-7(10)11/h5,8H,1H2,2-3H3,(H,10,11). The summed E-state index contributed by atoms with van der Waals surface area (Å²) in [7, 11) is 1.18. The van der Waals surface area contributed by atoms with Crippen molar-refractivity contribution < 1.29 is 19.4 Å². The molecule has 0 saturated heterocycles. The highest BCUT2D eigenvalue weighted by Crippen LogP contribution is 1.99. The Labute approximate surface area is 70.0 Å². The van der Waals surface area contributed by atoms with Gasteiger partial charge < -0.3 is 15.2 Å². The van der Waals surface area contributed by atoms with Crippen molar-refractivity contribution in [3.05, 3.63) is 12.2 Å². The molecule has 5 heteroatoms. The van der Waals surface area contributed by atoms with Crippen LogP contribution in [0.4, 0.5) is 4.79 Å². The van der Waals surface area contributed by atoms with Gasteiger partial charge in [-0.1, -0.05) is 6.58 Å². The first-order valence-corrected chi connectivity index (χ1v) is 3.21. The van der Waals surface area contributed by atoms with Crippen LogP contribution >= 0.6 is 0 Å². The molecule has 12 heavy (non-hydrogen) atoms. The Morgan fingerprint density at radius 2 is 2.08 bits per heavy atom. The van der Waals surface area contributed by atoms with Gasteiger partial charge in [0.15, 0.2) is 6.04 Å². The van der Waals surface area contributed by atoms with Gasteiger partial charge in [0.05, 0.1) is 7.11 Å². The normalized spacial score (nSPS) is 11.5. The number of nitrogens with one attached hydrogen (secondary N) is 1. The molecule has 0 rings (SSSR count). The zero-order chi connectivity index (χ0) is 9.72. The molecule has 0 aliphatic carbocycles. The minimum Gasteiger partial charge on any atom is -0.467 e. The molecule has 0 aromatic heterocycles. The van der Waals surface area contributed by atoms with Crippen molar-refractivity contribution in [1.82, 2.24) is 5.32 Å². The number of ether oxygens (including phenoxy) is 1. The van der Waals surface area contributed by atoms with Gasteiger partial charge >= 0.3 is 12.1 Å². The molecule has 0 saturated carbocycles. The van der Waals surface area contributed by atoms with Crippen LogP contribution in [0.25, 0.3) is 0 Å². The highest BCUT2D eigenvalue weighted by molar-refractivity contribution is 5.83.